The Labute approximate surface area is 448 Å². The molecule has 0 aliphatic carbocycles. The van der Waals surface area contributed by atoms with E-state index in [2.05, 4.69) is 10.2 Å². The second-order valence-corrected chi connectivity index (χ2v) is 19.5. The zero-order chi connectivity index (χ0) is 58.0. The molecule has 0 radical (unpaired) electrons. The van der Waals surface area contributed by atoms with E-state index in [1.807, 2.05) is 0 Å². The summed E-state index contributed by atoms with van der Waals surface area (Å²) in [5, 5.41) is 139. The van der Waals surface area contributed by atoms with Crippen molar-refractivity contribution in [1.29, 1.82) is 0 Å². The van der Waals surface area contributed by atoms with Gasteiger partial charge in [0.15, 0.2) is 11.4 Å². The first-order valence-electron chi connectivity index (χ1n) is 23.8. The minimum Gasteiger partial charge on any atom is -0.497 e. The number of anilines is 4. The van der Waals surface area contributed by atoms with Crippen LogP contribution in [0, 0.1) is 5.92 Å². The molecule has 0 spiro atoms. The van der Waals surface area contributed by atoms with Crippen LogP contribution in [0.2, 0.25) is 0 Å². The van der Waals surface area contributed by atoms with Crippen molar-refractivity contribution in [1.82, 2.24) is 19.6 Å². The topological polar surface area (TPSA) is 464 Å². The lowest BCUT2D eigenvalue weighted by Gasteiger charge is -2.47. The van der Waals surface area contributed by atoms with Crippen LogP contribution >= 0.6 is 0 Å². The third-order valence-electron chi connectivity index (χ3n) is 14.1. The van der Waals surface area contributed by atoms with Crippen molar-refractivity contribution in [2.24, 2.45) is 17.4 Å². The van der Waals surface area contributed by atoms with Crippen LogP contribution in [0.25, 0.3) is 11.4 Å². The Kier molecular flexibility index (Phi) is 12.8. The summed E-state index contributed by atoms with van der Waals surface area (Å²) in [6.07, 6.45) is -2.06. The molecule has 16 N–H and O–H groups in total. The van der Waals surface area contributed by atoms with Gasteiger partial charge in [-0.15, -0.1) is 0 Å². The average Bonchev–Trinajstić information content (AvgIpc) is 4.22. The molecule has 1 unspecified atom stereocenters. The summed E-state index contributed by atoms with van der Waals surface area (Å²) in [5.74, 6) is -26.6. The number of fused-ring (bicyclic) bond motifs is 2. The van der Waals surface area contributed by atoms with Crippen LogP contribution in [0.1, 0.15) is 65.9 Å². The summed E-state index contributed by atoms with van der Waals surface area (Å²) in [6.45, 7) is -3.43. The van der Waals surface area contributed by atoms with Crippen LogP contribution in [0.15, 0.2) is 97.1 Å². The van der Waals surface area contributed by atoms with Gasteiger partial charge in [0.25, 0.3) is 35.4 Å². The van der Waals surface area contributed by atoms with Crippen molar-refractivity contribution >= 4 is 58.2 Å². The van der Waals surface area contributed by atoms with Crippen LogP contribution < -0.4 is 40.5 Å². The molecule has 2 aromatic heterocycles. The smallest absolute Gasteiger partial charge is 0.291 e. The molecule has 1 atom stereocenters. The SMILES string of the molecule is COc1ccc(-n2nc(C(N)=O)c3c2C(=O)N(c2ccc(N4C(=O)C(O)(O)CC(COc5ccc(-n6nc(C(N)=O)c7c6C(=O)N(c6ccc(N8CC(O)(O)C(O)(O)CC8=O)cc6)CC7(O)O)cc5)C4(O)O)cc2)CC3(O)O)cc1. The Morgan fingerprint density at radius 3 is 1.36 bits per heavy atom. The van der Waals surface area contributed by atoms with Gasteiger partial charge < -0.3 is 96.9 Å². The minimum absolute atomic E-state index is 0.00121. The average molecular weight is 1110 g/mol. The number of amides is 6. The van der Waals surface area contributed by atoms with Gasteiger partial charge in [-0.25, -0.2) is 9.36 Å². The molecule has 0 saturated carbocycles. The van der Waals surface area contributed by atoms with E-state index in [1.165, 1.54) is 92.0 Å². The Morgan fingerprint density at radius 2 is 0.938 bits per heavy atom. The molecular weight excluding hydrogens is 1060 g/mol. The predicted molar refractivity (Wildman–Crippen MR) is 266 cm³/mol. The lowest BCUT2D eigenvalue weighted by molar-refractivity contribution is -0.354. The Bertz CT molecular complexity index is 3540. The van der Waals surface area contributed by atoms with Gasteiger partial charge >= 0.3 is 0 Å². The van der Waals surface area contributed by atoms with Crippen molar-refractivity contribution in [3.63, 3.8) is 0 Å². The van der Waals surface area contributed by atoms with Crippen LogP contribution in [0.5, 0.6) is 11.5 Å². The number of nitrogens with two attached hydrogens (primary N) is 2. The van der Waals surface area contributed by atoms with Gasteiger partial charge in [-0.3, -0.25) is 33.7 Å². The normalized spacial score (nSPS) is 20.5. The number of piperidine rings is 2. The first kappa shape index (κ1) is 54.6. The number of aromatic nitrogens is 4. The number of benzene rings is 4. The summed E-state index contributed by atoms with van der Waals surface area (Å²) in [6, 6.07) is 20.7. The number of carbonyl (C=O) groups excluding carboxylic acids is 6. The van der Waals surface area contributed by atoms with E-state index in [0.717, 1.165) is 36.2 Å². The first-order chi connectivity index (χ1) is 37.4. The highest BCUT2D eigenvalue weighted by Gasteiger charge is 2.59. The molecule has 6 heterocycles. The number of hydrogen-bond acceptors (Lipinski definition) is 22. The van der Waals surface area contributed by atoms with E-state index in [-0.39, 0.29) is 44.8 Å². The van der Waals surface area contributed by atoms with E-state index < -0.39 is 149 Å². The van der Waals surface area contributed by atoms with E-state index in [1.54, 1.807) is 0 Å². The highest BCUT2D eigenvalue weighted by atomic mass is 16.6. The Morgan fingerprint density at radius 1 is 0.537 bits per heavy atom. The van der Waals surface area contributed by atoms with Crippen LogP contribution in [0.4, 0.5) is 22.7 Å². The largest absolute Gasteiger partial charge is 0.497 e. The highest BCUT2D eigenvalue weighted by molar-refractivity contribution is 6.11. The van der Waals surface area contributed by atoms with Crippen LogP contribution in [-0.4, -0.2) is 173 Å². The molecular formula is C50H48N10O20. The summed E-state index contributed by atoms with van der Waals surface area (Å²) in [4.78, 5) is 82.8. The molecule has 10 rings (SSSR count). The van der Waals surface area contributed by atoms with Crippen LogP contribution in [0.3, 0.4) is 0 Å². The number of primary amides is 2. The number of hydrogen-bond donors (Lipinski definition) is 14. The van der Waals surface area contributed by atoms with E-state index in [9.17, 15) is 90.0 Å². The number of β-amino-alcohol motifs (C(OH)–C–C–N with tert-alkyl or cyclic N) is 6. The fourth-order valence-corrected chi connectivity index (χ4v) is 10.00. The van der Waals surface area contributed by atoms with Gasteiger partial charge in [0.2, 0.25) is 34.8 Å². The first-order valence-corrected chi connectivity index (χ1v) is 23.8. The third-order valence-corrected chi connectivity index (χ3v) is 14.1. The fourth-order valence-electron chi connectivity index (χ4n) is 10.00. The highest BCUT2D eigenvalue weighted by Crippen LogP contribution is 2.43. The van der Waals surface area contributed by atoms with Crippen molar-refractivity contribution in [2.75, 3.05) is 53.0 Å². The molecule has 2 saturated heterocycles. The van der Waals surface area contributed by atoms with E-state index >= 15 is 0 Å². The standard InChI is InChI=1S/C50H48N10O20/c1-79-31-14-10-29(11-15-31)59-38-34(36(53-59)40(51)62)47(71,72)22-57(43(38)65)27-6-8-28(9-7-27)58-44(66)45(67,68)18-24(50(58,77)78)20-80-32-16-12-30(13-17-32)60-39-35(37(54-60)41(52)63)46(69,70)21-56(42(39)64)26-4-2-25(3-5-26)55-23-49(75,76)48(73,74)19-33(55)61/h2-17,24,67-78H,18-23H2,1H3,(H2,51,62)(H2,52,63). The summed E-state index contributed by atoms with van der Waals surface area (Å²) in [7, 11) is 1.42. The zero-order valence-corrected chi connectivity index (χ0v) is 41.4. The van der Waals surface area contributed by atoms with Crippen molar-refractivity contribution in [3.8, 4) is 22.9 Å². The van der Waals surface area contributed by atoms with Gasteiger partial charge in [0.1, 0.15) is 22.9 Å². The fraction of sp³-hybridized carbons (Fsp3) is 0.280. The molecule has 4 aliphatic heterocycles. The molecule has 30 heteroatoms. The number of carbonyl (C=O) groups is 6. The maximum absolute atomic E-state index is 14.3. The van der Waals surface area contributed by atoms with Crippen molar-refractivity contribution in [2.45, 2.75) is 47.7 Å². The minimum atomic E-state index is -3.22. The van der Waals surface area contributed by atoms with Crippen LogP contribution in [-0.2, 0) is 21.2 Å². The second-order valence-electron chi connectivity index (χ2n) is 19.5. The summed E-state index contributed by atoms with van der Waals surface area (Å²) in [5.41, 5.74) is 7.46. The Balaban J connectivity index is 0.876. The molecule has 4 aliphatic rings. The zero-order valence-electron chi connectivity index (χ0n) is 41.4. The second kappa shape index (κ2) is 18.7. The van der Waals surface area contributed by atoms with Gasteiger partial charge in [0.05, 0.1) is 68.2 Å². The van der Waals surface area contributed by atoms with Crippen molar-refractivity contribution in [3.05, 3.63) is 131 Å². The van der Waals surface area contributed by atoms with E-state index in [4.69, 9.17) is 20.9 Å². The number of ether oxygens (including phenoxy) is 2. The van der Waals surface area contributed by atoms with E-state index in [0.29, 0.717) is 5.75 Å². The molecule has 6 amide bonds. The third kappa shape index (κ3) is 8.91. The maximum atomic E-state index is 14.3. The Hall–Kier alpha value is -8.76. The molecule has 30 nitrogen and oxygen atoms in total. The maximum Gasteiger partial charge on any atom is 0.291 e. The predicted octanol–water partition coefficient (Wildman–Crippen LogP) is -4.29. The molecule has 418 valence electrons. The number of rotatable bonds is 12. The lowest BCUT2D eigenvalue weighted by atomic mass is 9.88. The lowest BCUT2D eigenvalue weighted by Crippen LogP contribution is -2.69. The summed E-state index contributed by atoms with van der Waals surface area (Å²) >= 11 is 0. The number of methoxy groups -OCH3 is 1. The number of nitrogens with zero attached hydrogens (tertiary/aromatic N) is 8. The molecule has 4 aromatic carbocycles. The summed E-state index contributed by atoms with van der Waals surface area (Å²) < 4.78 is 12.9. The van der Waals surface area contributed by atoms with Gasteiger partial charge in [0, 0.05) is 29.2 Å². The number of aliphatic hydroxyl groups is 12. The van der Waals surface area contributed by atoms with Crippen molar-refractivity contribution < 1.29 is 99.5 Å². The molecule has 80 heavy (non-hydrogen) atoms. The molecule has 6 aromatic rings. The van der Waals surface area contributed by atoms with Gasteiger partial charge in [-0.2, -0.15) is 10.2 Å². The molecule has 2 fully saturated rings. The van der Waals surface area contributed by atoms with Gasteiger partial charge in [-0.05, 0) is 97.1 Å². The monoisotopic (exact) mass is 1110 g/mol. The molecule has 0 bridgehead atoms. The van der Waals surface area contributed by atoms with Gasteiger partial charge in [-0.1, -0.05) is 0 Å². The quantitative estimate of drug-likeness (QED) is 0.0516.